The molecule has 2 atom stereocenters. The molecule has 0 amide bonds. The minimum absolute atomic E-state index is 0.0635. The lowest BCUT2D eigenvalue weighted by Gasteiger charge is -2.25. The lowest BCUT2D eigenvalue weighted by atomic mass is 9.97. The first-order valence-corrected chi connectivity index (χ1v) is 8.10. The molecule has 1 aromatic rings. The highest BCUT2D eigenvalue weighted by molar-refractivity contribution is 7.91. The fourth-order valence-corrected chi connectivity index (χ4v) is 4.36. The van der Waals surface area contributed by atoms with Crippen LogP contribution in [0.1, 0.15) is 13.3 Å². The Bertz CT molecular complexity index is 530. The van der Waals surface area contributed by atoms with Crippen LogP contribution in [-0.4, -0.2) is 38.4 Å². The van der Waals surface area contributed by atoms with E-state index in [1.165, 1.54) is 12.1 Å². The number of hydrogen-bond acceptors (Lipinski definition) is 5. The Morgan fingerprint density at radius 3 is 2.89 bits per heavy atom. The molecule has 1 aliphatic rings. The highest BCUT2D eigenvalue weighted by Gasteiger charge is 2.40. The van der Waals surface area contributed by atoms with E-state index in [1.54, 1.807) is 6.92 Å². The zero-order chi connectivity index (χ0) is 13.4. The van der Waals surface area contributed by atoms with Gasteiger partial charge in [0, 0.05) is 19.6 Å². The third-order valence-corrected chi connectivity index (χ3v) is 6.17. The molecule has 1 aromatic heterocycles. The number of rotatable bonds is 4. The van der Waals surface area contributed by atoms with Crippen LogP contribution in [0.2, 0.25) is 4.34 Å². The molecule has 0 bridgehead atoms. The second-order valence-corrected chi connectivity index (χ2v) is 7.96. The summed E-state index contributed by atoms with van der Waals surface area (Å²) in [4.78, 5) is 0. The summed E-state index contributed by atoms with van der Waals surface area (Å²) in [6.45, 7) is 2.10. The summed E-state index contributed by atoms with van der Waals surface area (Å²) in [7, 11) is -3.62. The topological polar surface area (TPSA) is 75.6 Å². The summed E-state index contributed by atoms with van der Waals surface area (Å²) >= 11 is 6.68. The largest absolute Gasteiger partial charge is 0.386 e. The fraction of sp³-hybridized carbons (Fsp3) is 0.600. The van der Waals surface area contributed by atoms with Crippen LogP contribution in [0.4, 0.5) is 0 Å². The van der Waals surface area contributed by atoms with Gasteiger partial charge in [0.05, 0.1) is 10.4 Å². The van der Waals surface area contributed by atoms with Gasteiger partial charge in [0.15, 0.2) is 0 Å². The van der Waals surface area contributed by atoms with E-state index in [0.29, 0.717) is 17.4 Å². The summed E-state index contributed by atoms with van der Waals surface area (Å²) in [6.07, 6.45) is 0.0362. The number of aliphatic hydroxyl groups is 1. The Labute approximate surface area is 115 Å². The van der Waals surface area contributed by atoms with Gasteiger partial charge in [-0.15, -0.1) is 11.3 Å². The number of nitrogens with one attached hydrogen (secondary N) is 1. The second-order valence-electron chi connectivity index (χ2n) is 4.25. The molecule has 0 aliphatic carbocycles. The van der Waals surface area contributed by atoms with Crippen molar-refractivity contribution in [2.45, 2.75) is 29.3 Å². The Hall–Kier alpha value is -0.180. The molecule has 2 rings (SSSR count). The predicted octanol–water partition coefficient (Wildman–Crippen LogP) is 1.22. The standard InChI is InChI=1S/C10H14ClNO4S2/c1-7-10(13,4-5-16-7)6-12-18(14,15)9-3-2-8(11)17-9/h2-3,7,12-13H,4-6H2,1H3. The van der Waals surface area contributed by atoms with Gasteiger partial charge in [0.1, 0.15) is 9.81 Å². The molecule has 5 nitrogen and oxygen atoms in total. The third-order valence-electron chi connectivity index (χ3n) is 3.04. The van der Waals surface area contributed by atoms with Crippen LogP contribution in [0.25, 0.3) is 0 Å². The van der Waals surface area contributed by atoms with Crippen molar-refractivity contribution in [1.29, 1.82) is 0 Å². The van der Waals surface area contributed by atoms with E-state index in [-0.39, 0.29) is 16.9 Å². The summed E-state index contributed by atoms with van der Waals surface area (Å²) in [5.41, 5.74) is -1.14. The minimum Gasteiger partial charge on any atom is -0.386 e. The first kappa shape index (κ1) is 14.2. The molecule has 18 heavy (non-hydrogen) atoms. The van der Waals surface area contributed by atoms with E-state index >= 15 is 0 Å². The van der Waals surface area contributed by atoms with E-state index in [1.807, 2.05) is 0 Å². The summed E-state index contributed by atoms with van der Waals surface area (Å²) in [5, 5.41) is 10.2. The average molecular weight is 312 g/mol. The molecule has 0 saturated carbocycles. The molecule has 0 aromatic carbocycles. The van der Waals surface area contributed by atoms with Crippen molar-refractivity contribution in [3.8, 4) is 0 Å². The SMILES string of the molecule is CC1OCCC1(O)CNS(=O)(=O)c1ccc(Cl)s1. The van der Waals surface area contributed by atoms with E-state index < -0.39 is 15.6 Å². The Morgan fingerprint density at radius 1 is 1.67 bits per heavy atom. The van der Waals surface area contributed by atoms with Crippen LogP contribution in [0, 0.1) is 0 Å². The van der Waals surface area contributed by atoms with E-state index in [2.05, 4.69) is 4.72 Å². The predicted molar refractivity (Wildman–Crippen MR) is 69.5 cm³/mol. The molecule has 1 aliphatic heterocycles. The Kier molecular flexibility index (Phi) is 4.01. The van der Waals surface area contributed by atoms with Gasteiger partial charge in [0.25, 0.3) is 0 Å². The zero-order valence-corrected chi connectivity index (χ0v) is 12.1. The number of hydrogen-bond donors (Lipinski definition) is 2. The first-order valence-electron chi connectivity index (χ1n) is 5.42. The molecular weight excluding hydrogens is 298 g/mol. The fourth-order valence-electron chi connectivity index (χ4n) is 1.74. The highest BCUT2D eigenvalue weighted by atomic mass is 35.5. The quantitative estimate of drug-likeness (QED) is 0.876. The zero-order valence-electron chi connectivity index (χ0n) is 9.72. The van der Waals surface area contributed by atoms with Crippen molar-refractivity contribution >= 4 is 33.0 Å². The van der Waals surface area contributed by atoms with Gasteiger partial charge in [-0.2, -0.15) is 0 Å². The maximum absolute atomic E-state index is 11.9. The molecular formula is C10H14ClNO4S2. The molecule has 2 unspecified atom stereocenters. The highest BCUT2D eigenvalue weighted by Crippen LogP contribution is 2.28. The van der Waals surface area contributed by atoms with Gasteiger partial charge < -0.3 is 9.84 Å². The summed E-state index contributed by atoms with van der Waals surface area (Å²) < 4.78 is 32.1. The first-order chi connectivity index (χ1) is 8.33. The monoisotopic (exact) mass is 311 g/mol. The lowest BCUT2D eigenvalue weighted by molar-refractivity contribution is -0.0228. The maximum Gasteiger partial charge on any atom is 0.250 e. The van der Waals surface area contributed by atoms with Crippen LogP contribution in [0.15, 0.2) is 16.3 Å². The van der Waals surface area contributed by atoms with E-state index in [4.69, 9.17) is 16.3 Å². The molecule has 8 heteroatoms. The molecule has 0 spiro atoms. The lowest BCUT2D eigenvalue weighted by Crippen LogP contribution is -2.47. The van der Waals surface area contributed by atoms with Gasteiger partial charge in [-0.3, -0.25) is 0 Å². The summed E-state index contributed by atoms with van der Waals surface area (Å²) in [6, 6.07) is 2.96. The van der Waals surface area contributed by atoms with Gasteiger partial charge in [-0.1, -0.05) is 11.6 Å². The van der Waals surface area contributed by atoms with Crippen molar-refractivity contribution in [3.05, 3.63) is 16.5 Å². The number of halogens is 1. The number of thiophene rings is 1. The normalized spacial score (nSPS) is 28.7. The molecule has 0 radical (unpaired) electrons. The smallest absolute Gasteiger partial charge is 0.250 e. The van der Waals surface area contributed by atoms with Crippen molar-refractivity contribution in [2.75, 3.05) is 13.2 Å². The van der Waals surface area contributed by atoms with Crippen LogP contribution in [0.3, 0.4) is 0 Å². The third kappa shape index (κ3) is 2.87. The van der Waals surface area contributed by atoms with Gasteiger partial charge in [-0.05, 0) is 19.1 Å². The van der Waals surface area contributed by atoms with Gasteiger partial charge in [-0.25, -0.2) is 13.1 Å². The van der Waals surface area contributed by atoms with Gasteiger partial charge >= 0.3 is 0 Å². The Morgan fingerprint density at radius 2 is 2.39 bits per heavy atom. The second kappa shape index (κ2) is 5.07. The van der Waals surface area contributed by atoms with Crippen molar-refractivity contribution in [2.24, 2.45) is 0 Å². The molecule has 2 N–H and O–H groups in total. The summed E-state index contributed by atoms with van der Waals surface area (Å²) in [5.74, 6) is 0. The molecule has 102 valence electrons. The number of ether oxygens (including phenoxy) is 1. The van der Waals surface area contributed by atoms with Crippen molar-refractivity contribution in [1.82, 2.24) is 4.72 Å². The van der Waals surface area contributed by atoms with Crippen molar-refractivity contribution < 1.29 is 18.3 Å². The van der Waals surface area contributed by atoms with Crippen LogP contribution in [0.5, 0.6) is 0 Å². The van der Waals surface area contributed by atoms with Gasteiger partial charge in [0.2, 0.25) is 10.0 Å². The Balaban J connectivity index is 2.06. The van der Waals surface area contributed by atoms with Crippen molar-refractivity contribution in [3.63, 3.8) is 0 Å². The van der Waals surface area contributed by atoms with E-state index in [9.17, 15) is 13.5 Å². The van der Waals surface area contributed by atoms with Crippen LogP contribution < -0.4 is 4.72 Å². The molecule has 1 saturated heterocycles. The molecule has 1 fully saturated rings. The molecule has 2 heterocycles. The van der Waals surface area contributed by atoms with E-state index in [0.717, 1.165) is 11.3 Å². The van der Waals surface area contributed by atoms with Crippen LogP contribution in [-0.2, 0) is 14.8 Å². The average Bonchev–Trinajstić information content (AvgIpc) is 2.86. The van der Waals surface area contributed by atoms with Crippen LogP contribution >= 0.6 is 22.9 Å². The number of sulfonamides is 1. The minimum atomic E-state index is -3.62. The maximum atomic E-state index is 11.9.